The number of nitrogens with one attached hydrogen (secondary N) is 1. The molecule has 0 aliphatic carbocycles. The summed E-state index contributed by atoms with van der Waals surface area (Å²) >= 11 is 0. The number of ether oxygens (including phenoxy) is 1. The highest BCUT2D eigenvalue weighted by Gasteiger charge is 2.29. The molecule has 0 aromatic heterocycles. The molecule has 7 nitrogen and oxygen atoms in total. The molecular weight excluding hydrogens is 387 g/mol. The Balaban J connectivity index is 1.81. The fourth-order valence-electron chi connectivity index (χ4n) is 3.03. The second-order valence-electron chi connectivity index (χ2n) is 6.49. The average molecular weight is 408 g/mol. The summed E-state index contributed by atoms with van der Waals surface area (Å²) in [5, 5.41) is 12.3. The van der Waals surface area contributed by atoms with Crippen LogP contribution in [0.15, 0.2) is 47.4 Å². The van der Waals surface area contributed by atoms with Crippen LogP contribution in [0.4, 0.5) is 10.1 Å². The van der Waals surface area contributed by atoms with Gasteiger partial charge >= 0.3 is 0 Å². The molecule has 3 rings (SSSR count). The molecule has 1 atom stereocenters. The predicted octanol–water partition coefficient (Wildman–Crippen LogP) is 2.23. The fourth-order valence-corrected chi connectivity index (χ4v) is 4.59. The van der Waals surface area contributed by atoms with Crippen LogP contribution in [-0.4, -0.2) is 50.0 Å². The molecule has 0 saturated carbocycles. The first kappa shape index (κ1) is 20.2. The van der Waals surface area contributed by atoms with Crippen LogP contribution in [0.3, 0.4) is 0 Å². The van der Waals surface area contributed by atoms with Gasteiger partial charge in [0.25, 0.3) is 5.91 Å². The number of rotatable bonds is 5. The van der Waals surface area contributed by atoms with Crippen LogP contribution in [0, 0.1) is 5.82 Å². The molecule has 0 bridgehead atoms. The molecule has 1 aliphatic rings. The number of benzene rings is 2. The second kappa shape index (κ2) is 8.26. The monoisotopic (exact) mass is 408 g/mol. The summed E-state index contributed by atoms with van der Waals surface area (Å²) in [6.45, 7) is 0.360. The third kappa shape index (κ3) is 4.32. The van der Waals surface area contributed by atoms with Gasteiger partial charge in [0.2, 0.25) is 10.0 Å². The summed E-state index contributed by atoms with van der Waals surface area (Å²) in [7, 11) is -2.50. The zero-order valence-electron chi connectivity index (χ0n) is 15.3. The molecule has 0 radical (unpaired) electrons. The van der Waals surface area contributed by atoms with E-state index in [1.165, 1.54) is 47.8 Å². The smallest absolute Gasteiger partial charge is 0.255 e. The molecule has 2 aromatic carbocycles. The van der Waals surface area contributed by atoms with Crippen molar-refractivity contribution in [2.24, 2.45) is 0 Å². The van der Waals surface area contributed by atoms with Gasteiger partial charge in [-0.25, -0.2) is 12.8 Å². The Morgan fingerprint density at radius 3 is 2.79 bits per heavy atom. The Bertz CT molecular complexity index is 980. The standard InChI is InChI=1S/C19H21FN2O5S/c1-27-18-11-14(7-8-17(18)20)21-19(24)13-4-2-6-16(10-13)28(25,26)22-9-3-5-15(23)12-22/h2,4,6-8,10-11,15,23H,3,5,9,12H2,1H3,(H,21,24). The Labute approximate surface area is 162 Å². The number of piperidine rings is 1. The van der Waals surface area contributed by atoms with Crippen molar-refractivity contribution in [1.82, 2.24) is 4.31 Å². The van der Waals surface area contributed by atoms with E-state index in [1.54, 1.807) is 0 Å². The van der Waals surface area contributed by atoms with Crippen molar-refractivity contribution < 1.29 is 27.4 Å². The number of aliphatic hydroxyl groups is 1. The lowest BCUT2D eigenvalue weighted by Crippen LogP contribution is -2.42. The van der Waals surface area contributed by atoms with Crippen LogP contribution >= 0.6 is 0 Å². The summed E-state index contributed by atoms with van der Waals surface area (Å²) in [5.41, 5.74) is 0.456. The number of anilines is 1. The van der Waals surface area contributed by atoms with Crippen molar-refractivity contribution >= 4 is 21.6 Å². The van der Waals surface area contributed by atoms with E-state index in [0.717, 1.165) is 6.07 Å². The highest BCUT2D eigenvalue weighted by Crippen LogP contribution is 2.24. The third-order valence-corrected chi connectivity index (χ3v) is 6.36. The molecule has 2 N–H and O–H groups in total. The fraction of sp³-hybridized carbons (Fsp3) is 0.316. The number of carbonyl (C=O) groups excluding carboxylic acids is 1. The van der Waals surface area contributed by atoms with E-state index in [1.807, 2.05) is 0 Å². The minimum Gasteiger partial charge on any atom is -0.494 e. The Hall–Kier alpha value is -2.49. The third-order valence-electron chi connectivity index (χ3n) is 4.50. The molecule has 28 heavy (non-hydrogen) atoms. The van der Waals surface area contributed by atoms with E-state index in [-0.39, 0.29) is 22.8 Å². The van der Waals surface area contributed by atoms with Gasteiger partial charge in [-0.05, 0) is 43.2 Å². The summed E-state index contributed by atoms with van der Waals surface area (Å²) in [4.78, 5) is 12.5. The number of hydrogen-bond acceptors (Lipinski definition) is 5. The van der Waals surface area contributed by atoms with Crippen LogP contribution in [-0.2, 0) is 10.0 Å². The molecule has 1 fully saturated rings. The van der Waals surface area contributed by atoms with Crippen molar-refractivity contribution in [3.8, 4) is 5.75 Å². The van der Waals surface area contributed by atoms with Crippen molar-refractivity contribution in [2.75, 3.05) is 25.5 Å². The van der Waals surface area contributed by atoms with Crippen molar-refractivity contribution in [3.05, 3.63) is 53.8 Å². The summed E-state index contributed by atoms with van der Waals surface area (Å²) in [5.74, 6) is -1.11. The summed E-state index contributed by atoms with van der Waals surface area (Å²) < 4.78 is 45.2. The van der Waals surface area contributed by atoms with E-state index in [9.17, 15) is 22.7 Å². The molecule has 1 unspecified atom stereocenters. The first-order valence-corrected chi connectivity index (χ1v) is 10.2. The van der Waals surface area contributed by atoms with Gasteiger partial charge in [-0.2, -0.15) is 4.31 Å². The van der Waals surface area contributed by atoms with Gasteiger partial charge in [0.15, 0.2) is 11.6 Å². The van der Waals surface area contributed by atoms with Crippen LogP contribution < -0.4 is 10.1 Å². The molecule has 1 heterocycles. The van der Waals surface area contributed by atoms with E-state index in [0.29, 0.717) is 25.1 Å². The van der Waals surface area contributed by atoms with E-state index < -0.39 is 27.9 Å². The summed E-state index contributed by atoms with van der Waals surface area (Å²) in [6, 6.07) is 9.54. The first-order valence-electron chi connectivity index (χ1n) is 8.74. The molecule has 1 aliphatic heterocycles. The summed E-state index contributed by atoms with van der Waals surface area (Å²) in [6.07, 6.45) is 0.450. The highest BCUT2D eigenvalue weighted by atomic mass is 32.2. The number of β-amino-alcohol motifs (C(OH)–C–C–N with tert-alkyl or cyclic N) is 1. The quantitative estimate of drug-likeness (QED) is 0.791. The van der Waals surface area contributed by atoms with E-state index >= 15 is 0 Å². The maximum atomic E-state index is 13.5. The minimum atomic E-state index is -3.82. The number of nitrogens with zero attached hydrogens (tertiary/aromatic N) is 1. The normalized spacial score (nSPS) is 17.9. The number of carbonyl (C=O) groups is 1. The molecule has 9 heteroatoms. The number of sulfonamides is 1. The minimum absolute atomic E-state index is 0.0159. The van der Waals surface area contributed by atoms with Gasteiger partial charge in [0, 0.05) is 30.4 Å². The maximum absolute atomic E-state index is 13.5. The molecular formula is C19H21FN2O5S. The maximum Gasteiger partial charge on any atom is 0.255 e. The van der Waals surface area contributed by atoms with Gasteiger partial charge in [-0.1, -0.05) is 6.07 Å². The largest absolute Gasteiger partial charge is 0.494 e. The average Bonchev–Trinajstić information content (AvgIpc) is 2.69. The topological polar surface area (TPSA) is 95.9 Å². The number of amides is 1. The van der Waals surface area contributed by atoms with E-state index in [4.69, 9.17) is 4.74 Å². The number of halogens is 1. The zero-order valence-corrected chi connectivity index (χ0v) is 16.1. The Morgan fingerprint density at radius 2 is 2.07 bits per heavy atom. The van der Waals surface area contributed by atoms with Crippen LogP contribution in [0.1, 0.15) is 23.2 Å². The molecule has 2 aromatic rings. The number of aliphatic hydroxyl groups excluding tert-OH is 1. The van der Waals surface area contributed by atoms with Gasteiger partial charge < -0.3 is 15.2 Å². The number of hydrogen-bond donors (Lipinski definition) is 2. The molecule has 0 spiro atoms. The Kier molecular flexibility index (Phi) is 5.97. The molecule has 150 valence electrons. The van der Waals surface area contributed by atoms with Crippen molar-refractivity contribution in [2.45, 2.75) is 23.8 Å². The van der Waals surface area contributed by atoms with Crippen molar-refractivity contribution in [3.63, 3.8) is 0 Å². The van der Waals surface area contributed by atoms with Crippen molar-refractivity contribution in [1.29, 1.82) is 0 Å². The van der Waals surface area contributed by atoms with E-state index in [2.05, 4.69) is 5.32 Å². The Morgan fingerprint density at radius 1 is 1.29 bits per heavy atom. The van der Waals surface area contributed by atoms with Crippen LogP contribution in [0.5, 0.6) is 5.75 Å². The predicted molar refractivity (Wildman–Crippen MR) is 101 cm³/mol. The lowest BCUT2D eigenvalue weighted by Gasteiger charge is -2.29. The van der Waals surface area contributed by atoms with Crippen LogP contribution in [0.25, 0.3) is 0 Å². The number of methoxy groups -OCH3 is 1. The second-order valence-corrected chi connectivity index (χ2v) is 8.43. The lowest BCUT2D eigenvalue weighted by atomic mass is 10.1. The first-order chi connectivity index (χ1) is 13.3. The molecule has 1 amide bonds. The van der Waals surface area contributed by atoms with Gasteiger partial charge in [0.05, 0.1) is 18.1 Å². The van der Waals surface area contributed by atoms with Crippen LogP contribution in [0.2, 0.25) is 0 Å². The zero-order chi connectivity index (χ0) is 20.3. The SMILES string of the molecule is COc1cc(NC(=O)c2cccc(S(=O)(=O)N3CCCC(O)C3)c2)ccc1F. The lowest BCUT2D eigenvalue weighted by molar-refractivity contribution is 0.102. The highest BCUT2D eigenvalue weighted by molar-refractivity contribution is 7.89. The van der Waals surface area contributed by atoms with Gasteiger partial charge in [-0.3, -0.25) is 4.79 Å². The molecule has 1 saturated heterocycles. The van der Waals surface area contributed by atoms with Gasteiger partial charge in [0.1, 0.15) is 0 Å². The van der Waals surface area contributed by atoms with Gasteiger partial charge in [-0.15, -0.1) is 0 Å².